The zero-order chi connectivity index (χ0) is 17.5. The lowest BCUT2D eigenvalue weighted by molar-refractivity contribution is -0.121. The fourth-order valence-corrected chi connectivity index (χ4v) is 2.76. The van der Waals surface area contributed by atoms with E-state index in [4.69, 9.17) is 23.2 Å². The maximum Gasteiger partial charge on any atom is 0.223 e. The molecule has 0 fully saturated rings. The summed E-state index contributed by atoms with van der Waals surface area (Å²) >= 11 is 12.0. The van der Waals surface area contributed by atoms with Crippen molar-refractivity contribution in [2.24, 2.45) is 0 Å². The third kappa shape index (κ3) is 5.25. The molecule has 4 nitrogen and oxygen atoms in total. The highest BCUT2D eigenvalue weighted by molar-refractivity contribution is 6.36. The lowest BCUT2D eigenvalue weighted by Gasteiger charge is -2.22. The van der Waals surface area contributed by atoms with Crippen LogP contribution in [0.3, 0.4) is 0 Å². The van der Waals surface area contributed by atoms with Crippen molar-refractivity contribution in [2.75, 3.05) is 11.4 Å². The van der Waals surface area contributed by atoms with Gasteiger partial charge in [-0.2, -0.15) is 0 Å². The van der Waals surface area contributed by atoms with E-state index in [1.165, 1.54) is 11.8 Å². The van der Waals surface area contributed by atoms with Crippen LogP contribution in [0.4, 0.5) is 5.69 Å². The quantitative estimate of drug-likeness (QED) is 0.840. The van der Waals surface area contributed by atoms with E-state index in [0.717, 1.165) is 5.56 Å². The molecular weight excluding hydrogens is 347 g/mol. The van der Waals surface area contributed by atoms with Gasteiger partial charge >= 0.3 is 0 Å². The number of halogens is 2. The van der Waals surface area contributed by atoms with Crippen LogP contribution in [-0.4, -0.2) is 18.4 Å². The van der Waals surface area contributed by atoms with Crippen molar-refractivity contribution in [1.82, 2.24) is 5.32 Å². The van der Waals surface area contributed by atoms with Crippen molar-refractivity contribution in [3.8, 4) is 0 Å². The second-order valence-electron chi connectivity index (χ2n) is 5.28. The molecular formula is C18H18Cl2N2O2. The van der Waals surface area contributed by atoms with Crippen LogP contribution in [0.2, 0.25) is 10.0 Å². The molecule has 0 aromatic heterocycles. The minimum Gasteiger partial charge on any atom is -0.352 e. The zero-order valence-corrected chi connectivity index (χ0v) is 14.8. The molecule has 126 valence electrons. The highest BCUT2D eigenvalue weighted by Crippen LogP contribution is 2.29. The summed E-state index contributed by atoms with van der Waals surface area (Å²) in [7, 11) is 0. The molecule has 0 bridgehead atoms. The SMILES string of the molecule is CC(=O)N(CCC(=O)NCc1ccccc1)c1ccc(Cl)cc1Cl. The summed E-state index contributed by atoms with van der Waals surface area (Å²) in [6.45, 7) is 2.14. The van der Waals surface area contributed by atoms with Gasteiger partial charge in [-0.05, 0) is 23.8 Å². The Bertz CT molecular complexity index is 720. The molecule has 2 rings (SSSR count). The molecule has 0 aliphatic rings. The van der Waals surface area contributed by atoms with E-state index in [0.29, 0.717) is 22.3 Å². The number of anilines is 1. The third-order valence-electron chi connectivity index (χ3n) is 3.48. The van der Waals surface area contributed by atoms with Crippen LogP contribution >= 0.6 is 23.2 Å². The first kappa shape index (κ1) is 18.3. The fourth-order valence-electron chi connectivity index (χ4n) is 2.25. The first-order valence-corrected chi connectivity index (χ1v) is 8.26. The molecule has 0 radical (unpaired) electrons. The minimum atomic E-state index is -0.185. The molecule has 0 atom stereocenters. The Morgan fingerprint density at radius 3 is 2.42 bits per heavy atom. The summed E-state index contributed by atoms with van der Waals surface area (Å²) in [5.41, 5.74) is 1.57. The monoisotopic (exact) mass is 364 g/mol. The standard InChI is InChI=1S/C18H18Cl2N2O2/c1-13(23)22(17-8-7-15(19)11-16(17)20)10-9-18(24)21-12-14-5-3-2-4-6-14/h2-8,11H,9-10,12H2,1H3,(H,21,24). The van der Waals surface area contributed by atoms with E-state index in [-0.39, 0.29) is 24.8 Å². The Kier molecular flexibility index (Phi) is 6.64. The molecule has 6 heteroatoms. The van der Waals surface area contributed by atoms with Crippen LogP contribution in [-0.2, 0) is 16.1 Å². The van der Waals surface area contributed by atoms with Gasteiger partial charge in [-0.3, -0.25) is 9.59 Å². The van der Waals surface area contributed by atoms with Gasteiger partial charge in [-0.1, -0.05) is 53.5 Å². The number of benzene rings is 2. The van der Waals surface area contributed by atoms with Crippen LogP contribution < -0.4 is 10.2 Å². The van der Waals surface area contributed by atoms with Crippen molar-refractivity contribution >= 4 is 40.7 Å². The first-order chi connectivity index (χ1) is 11.5. The second-order valence-corrected chi connectivity index (χ2v) is 6.12. The van der Waals surface area contributed by atoms with Gasteiger partial charge in [0.1, 0.15) is 0 Å². The maximum atomic E-state index is 12.0. The molecule has 0 saturated carbocycles. The fraction of sp³-hybridized carbons (Fsp3) is 0.222. The van der Waals surface area contributed by atoms with E-state index in [2.05, 4.69) is 5.32 Å². The molecule has 0 unspecified atom stereocenters. The van der Waals surface area contributed by atoms with Gasteiger partial charge in [0.25, 0.3) is 0 Å². The smallest absolute Gasteiger partial charge is 0.223 e. The van der Waals surface area contributed by atoms with Crippen molar-refractivity contribution in [3.05, 3.63) is 64.1 Å². The molecule has 2 aromatic rings. The third-order valence-corrected chi connectivity index (χ3v) is 4.01. The number of carbonyl (C=O) groups excluding carboxylic acids is 2. The molecule has 0 aliphatic heterocycles. The molecule has 0 saturated heterocycles. The summed E-state index contributed by atoms with van der Waals surface area (Å²) in [5, 5.41) is 3.71. The average molecular weight is 365 g/mol. The molecule has 0 heterocycles. The second kappa shape index (κ2) is 8.71. The van der Waals surface area contributed by atoms with Crippen LogP contribution in [0.15, 0.2) is 48.5 Å². The van der Waals surface area contributed by atoms with Gasteiger partial charge in [0.15, 0.2) is 0 Å². The molecule has 2 aromatic carbocycles. The van der Waals surface area contributed by atoms with Crippen molar-refractivity contribution in [3.63, 3.8) is 0 Å². The average Bonchev–Trinajstić information content (AvgIpc) is 2.55. The highest BCUT2D eigenvalue weighted by Gasteiger charge is 2.16. The normalized spacial score (nSPS) is 10.3. The Hall–Kier alpha value is -2.04. The number of carbonyl (C=O) groups is 2. The Balaban J connectivity index is 1.94. The number of nitrogens with zero attached hydrogens (tertiary/aromatic N) is 1. The molecule has 0 aliphatic carbocycles. The van der Waals surface area contributed by atoms with Gasteiger partial charge in [0.05, 0.1) is 10.7 Å². The Morgan fingerprint density at radius 2 is 1.79 bits per heavy atom. The van der Waals surface area contributed by atoms with E-state index in [9.17, 15) is 9.59 Å². The Labute approximate surface area is 151 Å². The van der Waals surface area contributed by atoms with E-state index < -0.39 is 0 Å². The van der Waals surface area contributed by atoms with E-state index in [1.807, 2.05) is 30.3 Å². The number of nitrogens with one attached hydrogen (secondary N) is 1. The van der Waals surface area contributed by atoms with E-state index >= 15 is 0 Å². The van der Waals surface area contributed by atoms with Gasteiger partial charge in [0, 0.05) is 31.5 Å². The van der Waals surface area contributed by atoms with Crippen molar-refractivity contribution < 1.29 is 9.59 Å². The van der Waals surface area contributed by atoms with Crippen molar-refractivity contribution in [2.45, 2.75) is 19.9 Å². The van der Waals surface area contributed by atoms with Gasteiger partial charge in [0.2, 0.25) is 11.8 Å². The highest BCUT2D eigenvalue weighted by atomic mass is 35.5. The molecule has 2 amide bonds. The summed E-state index contributed by atoms with van der Waals surface area (Å²) in [6.07, 6.45) is 0.186. The van der Waals surface area contributed by atoms with Crippen molar-refractivity contribution in [1.29, 1.82) is 0 Å². The van der Waals surface area contributed by atoms with Gasteiger partial charge < -0.3 is 10.2 Å². The lowest BCUT2D eigenvalue weighted by Crippen LogP contribution is -2.33. The summed E-state index contributed by atoms with van der Waals surface area (Å²) in [4.78, 5) is 25.4. The zero-order valence-electron chi connectivity index (χ0n) is 13.3. The number of rotatable bonds is 6. The summed E-state index contributed by atoms with van der Waals surface area (Å²) < 4.78 is 0. The number of hydrogen-bond donors (Lipinski definition) is 1. The van der Waals surface area contributed by atoms with Crippen LogP contribution in [0.1, 0.15) is 18.9 Å². The molecule has 1 N–H and O–H groups in total. The van der Waals surface area contributed by atoms with Crippen LogP contribution in [0, 0.1) is 0 Å². The predicted octanol–water partition coefficient (Wildman–Crippen LogP) is 4.05. The van der Waals surface area contributed by atoms with Crippen LogP contribution in [0.25, 0.3) is 0 Å². The predicted molar refractivity (Wildman–Crippen MR) is 97.4 cm³/mol. The van der Waals surface area contributed by atoms with Crippen LogP contribution in [0.5, 0.6) is 0 Å². The topological polar surface area (TPSA) is 49.4 Å². The Morgan fingerprint density at radius 1 is 1.08 bits per heavy atom. The number of hydrogen-bond acceptors (Lipinski definition) is 2. The van der Waals surface area contributed by atoms with Gasteiger partial charge in [-0.15, -0.1) is 0 Å². The van der Waals surface area contributed by atoms with E-state index in [1.54, 1.807) is 18.2 Å². The lowest BCUT2D eigenvalue weighted by atomic mass is 10.2. The molecule has 0 spiro atoms. The maximum absolute atomic E-state index is 12.0. The molecule has 24 heavy (non-hydrogen) atoms. The summed E-state index contributed by atoms with van der Waals surface area (Å²) in [6, 6.07) is 14.5. The first-order valence-electron chi connectivity index (χ1n) is 7.51. The largest absolute Gasteiger partial charge is 0.352 e. The van der Waals surface area contributed by atoms with Gasteiger partial charge in [-0.25, -0.2) is 0 Å². The summed E-state index contributed by atoms with van der Waals surface area (Å²) in [5.74, 6) is -0.315. The number of amides is 2. The minimum absolute atomic E-state index is 0.129.